The van der Waals surface area contributed by atoms with Crippen molar-refractivity contribution < 1.29 is 14.6 Å². The first kappa shape index (κ1) is 18.0. The van der Waals surface area contributed by atoms with Gasteiger partial charge in [-0.25, -0.2) is 4.79 Å². The summed E-state index contributed by atoms with van der Waals surface area (Å²) < 4.78 is 4.82. The summed E-state index contributed by atoms with van der Waals surface area (Å²) in [5.74, 6) is -0.130. The minimum Gasteiger partial charge on any atom is -0.508 e. The lowest BCUT2D eigenvalue weighted by Gasteiger charge is -2.37. The molecule has 136 valence electrons. The molecule has 3 rings (SSSR count). The third kappa shape index (κ3) is 4.05. The quantitative estimate of drug-likeness (QED) is 0.635. The summed E-state index contributed by atoms with van der Waals surface area (Å²) in [5.41, 5.74) is 2.18. The van der Waals surface area contributed by atoms with Crippen molar-refractivity contribution in [3.8, 4) is 5.75 Å². The van der Waals surface area contributed by atoms with Crippen LogP contribution >= 0.6 is 12.2 Å². The molecular formula is C19H21N3O3S. The summed E-state index contributed by atoms with van der Waals surface area (Å²) in [6, 6.07) is 14.4. The average Bonchev–Trinajstić information content (AvgIpc) is 2.68. The number of ether oxygens (including phenoxy) is 1. The van der Waals surface area contributed by atoms with Crippen molar-refractivity contribution >= 4 is 34.7 Å². The fourth-order valence-corrected chi connectivity index (χ4v) is 3.20. The van der Waals surface area contributed by atoms with Gasteiger partial charge in [0.2, 0.25) is 0 Å². The van der Waals surface area contributed by atoms with Crippen LogP contribution in [0.2, 0.25) is 0 Å². The molecule has 0 aromatic heterocycles. The normalized spacial score (nSPS) is 14.0. The van der Waals surface area contributed by atoms with E-state index < -0.39 is 5.97 Å². The Morgan fingerprint density at radius 1 is 1.08 bits per heavy atom. The molecule has 1 fully saturated rings. The molecular weight excluding hydrogens is 350 g/mol. The van der Waals surface area contributed by atoms with Gasteiger partial charge < -0.3 is 25.0 Å². The zero-order valence-corrected chi connectivity index (χ0v) is 15.3. The summed E-state index contributed by atoms with van der Waals surface area (Å²) in [5, 5.41) is 13.2. The van der Waals surface area contributed by atoms with Crippen LogP contribution in [0.3, 0.4) is 0 Å². The molecule has 2 aromatic carbocycles. The highest BCUT2D eigenvalue weighted by atomic mass is 32.1. The average molecular weight is 371 g/mol. The summed E-state index contributed by atoms with van der Waals surface area (Å²) >= 11 is 5.52. The van der Waals surface area contributed by atoms with Gasteiger partial charge in [-0.15, -0.1) is 0 Å². The molecule has 0 unspecified atom stereocenters. The second-order valence-corrected chi connectivity index (χ2v) is 6.34. The first-order valence-electron chi connectivity index (χ1n) is 8.36. The Hall–Kier alpha value is -2.80. The summed E-state index contributed by atoms with van der Waals surface area (Å²) in [6.07, 6.45) is 0. The first-order chi connectivity index (χ1) is 12.6. The van der Waals surface area contributed by atoms with Crippen molar-refractivity contribution in [1.29, 1.82) is 0 Å². The van der Waals surface area contributed by atoms with E-state index in [2.05, 4.69) is 15.1 Å². The highest BCUT2D eigenvalue weighted by Gasteiger charge is 2.20. The van der Waals surface area contributed by atoms with Crippen molar-refractivity contribution in [1.82, 2.24) is 4.90 Å². The predicted octanol–water partition coefficient (Wildman–Crippen LogP) is 2.70. The topological polar surface area (TPSA) is 65.0 Å². The maximum atomic E-state index is 11.9. The molecule has 2 aromatic rings. The highest BCUT2D eigenvalue weighted by Crippen LogP contribution is 2.21. The van der Waals surface area contributed by atoms with Gasteiger partial charge in [-0.2, -0.15) is 0 Å². The van der Waals surface area contributed by atoms with Crippen molar-refractivity contribution in [2.75, 3.05) is 43.5 Å². The van der Waals surface area contributed by atoms with Crippen LogP contribution in [0.15, 0.2) is 48.5 Å². The number of carbonyl (C=O) groups is 1. The molecule has 26 heavy (non-hydrogen) atoms. The monoisotopic (exact) mass is 371 g/mol. The Labute approximate surface area is 158 Å². The van der Waals surface area contributed by atoms with Gasteiger partial charge >= 0.3 is 5.97 Å². The van der Waals surface area contributed by atoms with Crippen LogP contribution in [0, 0.1) is 0 Å². The lowest BCUT2D eigenvalue weighted by atomic mass is 10.2. The maximum Gasteiger partial charge on any atom is 0.339 e. The van der Waals surface area contributed by atoms with Crippen molar-refractivity contribution in [3.63, 3.8) is 0 Å². The number of aromatic hydroxyl groups is 1. The van der Waals surface area contributed by atoms with Gasteiger partial charge in [-0.1, -0.05) is 12.1 Å². The lowest BCUT2D eigenvalue weighted by Crippen LogP contribution is -2.50. The van der Waals surface area contributed by atoms with E-state index in [1.54, 1.807) is 24.3 Å². The molecule has 0 bridgehead atoms. The highest BCUT2D eigenvalue weighted by molar-refractivity contribution is 7.80. The van der Waals surface area contributed by atoms with Gasteiger partial charge in [0.1, 0.15) is 5.75 Å². The fourth-order valence-electron chi connectivity index (χ4n) is 2.91. The molecule has 1 aliphatic rings. The number of methoxy groups -OCH3 is 1. The van der Waals surface area contributed by atoms with Gasteiger partial charge in [0.15, 0.2) is 5.11 Å². The molecule has 2 N–H and O–H groups in total. The zero-order chi connectivity index (χ0) is 18.5. The second kappa shape index (κ2) is 8.05. The van der Waals surface area contributed by atoms with E-state index in [-0.39, 0.29) is 5.75 Å². The fraction of sp³-hybridized carbons (Fsp3) is 0.263. The van der Waals surface area contributed by atoms with Gasteiger partial charge in [0.25, 0.3) is 0 Å². The molecule has 0 atom stereocenters. The third-order valence-corrected chi connectivity index (χ3v) is 4.72. The SMILES string of the molecule is COC(=O)c1ccccc1NC(=S)N1CCN(c2ccc(O)cc2)CC1. The number of phenolic OH excluding ortho intramolecular Hbond substituents is 1. The van der Waals surface area contributed by atoms with E-state index in [0.717, 1.165) is 31.9 Å². The van der Waals surface area contributed by atoms with Crippen LogP contribution in [0.5, 0.6) is 5.75 Å². The van der Waals surface area contributed by atoms with Crippen molar-refractivity contribution in [2.24, 2.45) is 0 Å². The molecule has 1 aliphatic heterocycles. The van der Waals surface area contributed by atoms with E-state index in [4.69, 9.17) is 17.0 Å². The Morgan fingerprint density at radius 3 is 2.38 bits per heavy atom. The minimum absolute atomic E-state index is 0.266. The van der Waals surface area contributed by atoms with Gasteiger partial charge in [0.05, 0.1) is 18.4 Å². The molecule has 0 aliphatic carbocycles. The number of phenols is 1. The molecule has 6 nitrogen and oxygen atoms in total. The smallest absolute Gasteiger partial charge is 0.339 e. The Balaban J connectivity index is 1.61. The molecule has 0 amide bonds. The summed E-state index contributed by atoms with van der Waals surface area (Å²) in [7, 11) is 1.36. The van der Waals surface area contributed by atoms with Gasteiger partial charge in [0, 0.05) is 31.9 Å². The number of piperazine rings is 1. The Kier molecular flexibility index (Phi) is 5.58. The number of anilines is 2. The third-order valence-electron chi connectivity index (χ3n) is 4.36. The van der Waals surface area contributed by atoms with Crippen LogP contribution in [-0.4, -0.2) is 54.4 Å². The van der Waals surface area contributed by atoms with Crippen LogP contribution in [0.25, 0.3) is 0 Å². The molecule has 1 saturated heterocycles. The first-order valence-corrected chi connectivity index (χ1v) is 8.76. The van der Waals surface area contributed by atoms with Crippen LogP contribution in [0.4, 0.5) is 11.4 Å². The Bertz CT molecular complexity index is 787. The summed E-state index contributed by atoms with van der Waals surface area (Å²) in [4.78, 5) is 16.2. The minimum atomic E-state index is -0.395. The number of nitrogens with zero attached hydrogens (tertiary/aromatic N) is 2. The molecule has 0 saturated carbocycles. The largest absolute Gasteiger partial charge is 0.508 e. The maximum absolute atomic E-state index is 11.9. The van der Waals surface area contributed by atoms with E-state index in [1.807, 2.05) is 24.3 Å². The lowest BCUT2D eigenvalue weighted by molar-refractivity contribution is 0.0602. The van der Waals surface area contributed by atoms with Crippen LogP contribution in [0.1, 0.15) is 10.4 Å². The molecule has 1 heterocycles. The van der Waals surface area contributed by atoms with Crippen molar-refractivity contribution in [2.45, 2.75) is 0 Å². The molecule has 0 radical (unpaired) electrons. The standard InChI is InChI=1S/C19H21N3O3S/c1-25-18(24)16-4-2-3-5-17(16)20-19(26)22-12-10-21(11-13-22)14-6-8-15(23)9-7-14/h2-9,23H,10-13H2,1H3,(H,20,26). The van der Waals surface area contributed by atoms with Crippen molar-refractivity contribution in [3.05, 3.63) is 54.1 Å². The Morgan fingerprint density at radius 2 is 1.73 bits per heavy atom. The number of esters is 1. The number of carbonyl (C=O) groups excluding carboxylic acids is 1. The zero-order valence-electron chi connectivity index (χ0n) is 14.5. The number of thiocarbonyl (C=S) groups is 1. The van der Waals surface area contributed by atoms with E-state index >= 15 is 0 Å². The van der Waals surface area contributed by atoms with Gasteiger partial charge in [-0.3, -0.25) is 0 Å². The van der Waals surface area contributed by atoms with Crippen LogP contribution < -0.4 is 10.2 Å². The molecule has 0 spiro atoms. The van der Waals surface area contributed by atoms with E-state index in [0.29, 0.717) is 16.4 Å². The predicted molar refractivity (Wildman–Crippen MR) is 106 cm³/mol. The van der Waals surface area contributed by atoms with Gasteiger partial charge in [-0.05, 0) is 48.6 Å². The number of hydrogen-bond acceptors (Lipinski definition) is 5. The van der Waals surface area contributed by atoms with Crippen LogP contribution in [-0.2, 0) is 4.74 Å². The van der Waals surface area contributed by atoms with E-state index in [1.165, 1.54) is 7.11 Å². The molecule has 7 heteroatoms. The number of rotatable bonds is 3. The summed E-state index contributed by atoms with van der Waals surface area (Å²) in [6.45, 7) is 3.19. The second-order valence-electron chi connectivity index (χ2n) is 5.96. The number of nitrogens with one attached hydrogen (secondary N) is 1. The number of para-hydroxylation sites is 1. The number of hydrogen-bond donors (Lipinski definition) is 2. The number of benzene rings is 2. The van der Waals surface area contributed by atoms with E-state index in [9.17, 15) is 9.90 Å².